The lowest BCUT2D eigenvalue weighted by Crippen LogP contribution is -2.48. The van der Waals surface area contributed by atoms with Crippen LogP contribution in [0.2, 0.25) is 0 Å². The Labute approximate surface area is 146 Å². The van der Waals surface area contributed by atoms with Crippen molar-refractivity contribution < 1.29 is 19.4 Å². The third-order valence-electron chi connectivity index (χ3n) is 3.52. The van der Waals surface area contributed by atoms with Crippen molar-refractivity contribution in [3.63, 3.8) is 0 Å². The van der Waals surface area contributed by atoms with Gasteiger partial charge in [0, 0.05) is 13.0 Å². The molecule has 0 saturated heterocycles. The first-order chi connectivity index (χ1) is 12.2. The fourth-order valence-electron chi connectivity index (χ4n) is 2.27. The SMILES string of the molecule is O=C(NC(Cc1ccccc1)C(=O)NCCO)OCc1ccccc1. The highest BCUT2D eigenvalue weighted by Crippen LogP contribution is 2.05. The van der Waals surface area contributed by atoms with Crippen molar-refractivity contribution in [2.75, 3.05) is 13.2 Å². The maximum Gasteiger partial charge on any atom is 0.408 e. The molecule has 3 N–H and O–H groups in total. The Bertz CT molecular complexity index is 662. The lowest BCUT2D eigenvalue weighted by molar-refractivity contribution is -0.123. The minimum atomic E-state index is -0.780. The molecule has 0 aliphatic heterocycles. The molecule has 0 saturated carbocycles. The van der Waals surface area contributed by atoms with E-state index in [1.54, 1.807) is 0 Å². The van der Waals surface area contributed by atoms with Crippen LogP contribution in [0.15, 0.2) is 60.7 Å². The first-order valence-corrected chi connectivity index (χ1v) is 8.08. The van der Waals surface area contributed by atoms with E-state index in [0.717, 1.165) is 11.1 Å². The summed E-state index contributed by atoms with van der Waals surface area (Å²) in [6.45, 7) is 0.0934. The number of alkyl carbamates (subject to hydrolysis) is 1. The zero-order chi connectivity index (χ0) is 17.9. The number of nitrogens with one attached hydrogen (secondary N) is 2. The summed E-state index contributed by atoms with van der Waals surface area (Å²) in [4.78, 5) is 24.3. The van der Waals surface area contributed by atoms with E-state index in [9.17, 15) is 9.59 Å². The summed E-state index contributed by atoms with van der Waals surface area (Å²) in [5.74, 6) is -0.366. The van der Waals surface area contributed by atoms with E-state index in [-0.39, 0.29) is 25.7 Å². The molecule has 0 heterocycles. The van der Waals surface area contributed by atoms with Crippen molar-refractivity contribution in [2.24, 2.45) is 0 Å². The highest BCUT2D eigenvalue weighted by atomic mass is 16.5. The number of hydrogen-bond donors (Lipinski definition) is 3. The quantitative estimate of drug-likeness (QED) is 0.680. The zero-order valence-electron chi connectivity index (χ0n) is 13.9. The molecule has 1 atom stereocenters. The average molecular weight is 342 g/mol. The molecule has 0 aliphatic carbocycles. The molecule has 2 amide bonds. The van der Waals surface area contributed by atoms with Crippen molar-refractivity contribution in [3.8, 4) is 0 Å². The van der Waals surface area contributed by atoms with E-state index in [1.807, 2.05) is 60.7 Å². The Hall–Kier alpha value is -2.86. The van der Waals surface area contributed by atoms with Gasteiger partial charge in [-0.3, -0.25) is 4.79 Å². The van der Waals surface area contributed by atoms with Crippen LogP contribution in [0.25, 0.3) is 0 Å². The summed E-state index contributed by atoms with van der Waals surface area (Å²) in [6, 6.07) is 17.9. The Morgan fingerprint density at radius 2 is 1.56 bits per heavy atom. The topological polar surface area (TPSA) is 87.7 Å². The fraction of sp³-hybridized carbons (Fsp3) is 0.263. The molecule has 0 aliphatic rings. The third-order valence-corrected chi connectivity index (χ3v) is 3.52. The van der Waals surface area contributed by atoms with Gasteiger partial charge in [0.15, 0.2) is 0 Å². The van der Waals surface area contributed by atoms with Crippen LogP contribution in [-0.2, 0) is 22.6 Å². The molecule has 0 aromatic heterocycles. The molecular weight excluding hydrogens is 320 g/mol. The predicted octanol–water partition coefficient (Wildman–Crippen LogP) is 1.63. The average Bonchev–Trinajstić information content (AvgIpc) is 2.65. The molecule has 0 spiro atoms. The van der Waals surface area contributed by atoms with Crippen LogP contribution in [-0.4, -0.2) is 36.3 Å². The molecule has 6 heteroatoms. The summed E-state index contributed by atoms with van der Waals surface area (Å²) < 4.78 is 5.17. The van der Waals surface area contributed by atoms with E-state index < -0.39 is 12.1 Å². The second-order valence-corrected chi connectivity index (χ2v) is 5.46. The summed E-state index contributed by atoms with van der Waals surface area (Å²) in [6.07, 6.45) is -0.331. The lowest BCUT2D eigenvalue weighted by atomic mass is 10.1. The van der Waals surface area contributed by atoms with E-state index in [4.69, 9.17) is 9.84 Å². The highest BCUT2D eigenvalue weighted by Gasteiger charge is 2.21. The van der Waals surface area contributed by atoms with Crippen LogP contribution in [0.4, 0.5) is 4.79 Å². The van der Waals surface area contributed by atoms with Crippen molar-refractivity contribution >= 4 is 12.0 Å². The van der Waals surface area contributed by atoms with Gasteiger partial charge in [0.2, 0.25) is 5.91 Å². The van der Waals surface area contributed by atoms with Gasteiger partial charge in [-0.2, -0.15) is 0 Å². The molecule has 2 rings (SSSR count). The molecule has 132 valence electrons. The second kappa shape index (κ2) is 10.1. The van der Waals surface area contributed by atoms with Crippen LogP contribution in [0, 0.1) is 0 Å². The van der Waals surface area contributed by atoms with Crippen LogP contribution in [0.1, 0.15) is 11.1 Å². The number of ether oxygens (including phenoxy) is 1. The van der Waals surface area contributed by atoms with Crippen LogP contribution < -0.4 is 10.6 Å². The third kappa shape index (κ3) is 6.64. The number of amides is 2. The van der Waals surface area contributed by atoms with Gasteiger partial charge in [-0.15, -0.1) is 0 Å². The van der Waals surface area contributed by atoms with Gasteiger partial charge in [-0.1, -0.05) is 60.7 Å². The molecule has 0 bridgehead atoms. The molecule has 6 nitrogen and oxygen atoms in total. The maximum atomic E-state index is 12.2. The first kappa shape index (κ1) is 18.5. The Kier molecular flexibility index (Phi) is 7.46. The number of benzene rings is 2. The van der Waals surface area contributed by atoms with Gasteiger partial charge in [0.25, 0.3) is 0 Å². The zero-order valence-corrected chi connectivity index (χ0v) is 13.9. The number of carbonyl (C=O) groups excluding carboxylic acids is 2. The van der Waals surface area contributed by atoms with Crippen molar-refractivity contribution in [1.82, 2.24) is 10.6 Å². The number of aliphatic hydroxyl groups is 1. The summed E-state index contributed by atoms with van der Waals surface area (Å²) in [5.41, 5.74) is 1.77. The smallest absolute Gasteiger partial charge is 0.408 e. The van der Waals surface area contributed by atoms with Gasteiger partial charge in [-0.05, 0) is 11.1 Å². The van der Waals surface area contributed by atoms with E-state index >= 15 is 0 Å². The van der Waals surface area contributed by atoms with Gasteiger partial charge < -0.3 is 20.5 Å². The summed E-state index contributed by atoms with van der Waals surface area (Å²) in [7, 11) is 0. The van der Waals surface area contributed by atoms with Crippen molar-refractivity contribution in [3.05, 3.63) is 71.8 Å². The Morgan fingerprint density at radius 1 is 0.960 bits per heavy atom. The molecule has 0 fully saturated rings. The van der Waals surface area contributed by atoms with E-state index in [0.29, 0.717) is 6.42 Å². The monoisotopic (exact) mass is 342 g/mol. The molecule has 2 aromatic carbocycles. The van der Waals surface area contributed by atoms with Crippen LogP contribution in [0.5, 0.6) is 0 Å². The predicted molar refractivity (Wildman–Crippen MR) is 93.8 cm³/mol. The fourth-order valence-corrected chi connectivity index (χ4v) is 2.27. The molecule has 2 aromatic rings. The van der Waals surface area contributed by atoms with Gasteiger partial charge in [0.1, 0.15) is 12.6 Å². The maximum absolute atomic E-state index is 12.2. The molecular formula is C19H22N2O4. The van der Waals surface area contributed by atoms with Crippen LogP contribution >= 0.6 is 0 Å². The van der Waals surface area contributed by atoms with Gasteiger partial charge in [0.05, 0.1) is 6.61 Å². The number of aliphatic hydroxyl groups excluding tert-OH is 1. The largest absolute Gasteiger partial charge is 0.445 e. The van der Waals surface area contributed by atoms with Crippen molar-refractivity contribution in [2.45, 2.75) is 19.1 Å². The Balaban J connectivity index is 1.94. The second-order valence-electron chi connectivity index (χ2n) is 5.46. The highest BCUT2D eigenvalue weighted by molar-refractivity contribution is 5.85. The molecule has 25 heavy (non-hydrogen) atoms. The summed E-state index contributed by atoms with van der Waals surface area (Å²) >= 11 is 0. The van der Waals surface area contributed by atoms with E-state index in [2.05, 4.69) is 10.6 Å². The normalized spacial score (nSPS) is 11.4. The number of hydrogen-bond acceptors (Lipinski definition) is 4. The molecule has 1 unspecified atom stereocenters. The van der Waals surface area contributed by atoms with Gasteiger partial charge >= 0.3 is 6.09 Å². The van der Waals surface area contributed by atoms with Gasteiger partial charge in [-0.25, -0.2) is 4.79 Å². The first-order valence-electron chi connectivity index (χ1n) is 8.08. The summed E-state index contributed by atoms with van der Waals surface area (Å²) in [5, 5.41) is 14.0. The molecule has 0 radical (unpaired) electrons. The van der Waals surface area contributed by atoms with E-state index in [1.165, 1.54) is 0 Å². The van der Waals surface area contributed by atoms with Crippen LogP contribution in [0.3, 0.4) is 0 Å². The minimum Gasteiger partial charge on any atom is -0.445 e. The minimum absolute atomic E-state index is 0.128. The Morgan fingerprint density at radius 3 is 2.16 bits per heavy atom. The van der Waals surface area contributed by atoms with Crippen molar-refractivity contribution in [1.29, 1.82) is 0 Å². The number of rotatable bonds is 8. The lowest BCUT2D eigenvalue weighted by Gasteiger charge is -2.18. The standard InChI is InChI=1S/C19H22N2O4/c22-12-11-20-18(23)17(13-15-7-3-1-4-8-15)21-19(24)25-14-16-9-5-2-6-10-16/h1-10,17,22H,11-14H2,(H,20,23)(H,21,24). The number of carbonyl (C=O) groups is 2.